The number of nitrogens with zero attached hydrogens (tertiary/aromatic N) is 1. The Bertz CT molecular complexity index is 920. The summed E-state index contributed by atoms with van der Waals surface area (Å²) in [5, 5.41) is 2.97. The molecule has 136 valence electrons. The fraction of sp³-hybridized carbons (Fsp3) is 0.174. The topological polar surface area (TPSA) is 41.6 Å². The first kappa shape index (κ1) is 17.3. The Hall–Kier alpha value is -3.11. The van der Waals surface area contributed by atoms with Crippen LogP contribution in [-0.2, 0) is 17.9 Å². The van der Waals surface area contributed by atoms with Gasteiger partial charge in [0.1, 0.15) is 5.75 Å². The van der Waals surface area contributed by atoms with Gasteiger partial charge in [0, 0.05) is 13.1 Å². The van der Waals surface area contributed by atoms with Crippen molar-refractivity contribution in [2.45, 2.75) is 13.1 Å². The lowest BCUT2D eigenvalue weighted by atomic mass is 9.97. The van der Waals surface area contributed by atoms with Crippen molar-refractivity contribution in [2.75, 3.05) is 19.0 Å². The van der Waals surface area contributed by atoms with E-state index in [-0.39, 0.29) is 5.91 Å². The summed E-state index contributed by atoms with van der Waals surface area (Å²) in [6.07, 6.45) is 0. The van der Waals surface area contributed by atoms with Gasteiger partial charge in [-0.1, -0.05) is 60.7 Å². The lowest BCUT2D eigenvalue weighted by Gasteiger charge is -2.21. The molecular formula is C23H22N2O2. The largest absolute Gasteiger partial charge is 0.495 e. The molecule has 1 N–H and O–H groups in total. The lowest BCUT2D eigenvalue weighted by molar-refractivity contribution is -0.117. The number of methoxy groups -OCH3 is 1. The van der Waals surface area contributed by atoms with Crippen LogP contribution in [0, 0.1) is 0 Å². The summed E-state index contributed by atoms with van der Waals surface area (Å²) in [6, 6.07) is 24.3. The number of para-hydroxylation sites is 2. The van der Waals surface area contributed by atoms with Gasteiger partial charge in [0.05, 0.1) is 19.3 Å². The number of hydrogen-bond acceptors (Lipinski definition) is 3. The number of rotatable bonds is 4. The van der Waals surface area contributed by atoms with Crippen LogP contribution in [0.2, 0.25) is 0 Å². The number of benzene rings is 3. The van der Waals surface area contributed by atoms with Gasteiger partial charge in [-0.05, 0) is 34.4 Å². The molecule has 27 heavy (non-hydrogen) atoms. The van der Waals surface area contributed by atoms with Crippen LogP contribution in [0.5, 0.6) is 5.75 Å². The van der Waals surface area contributed by atoms with Gasteiger partial charge in [-0.2, -0.15) is 0 Å². The number of hydrogen-bond donors (Lipinski definition) is 1. The smallest absolute Gasteiger partial charge is 0.238 e. The minimum Gasteiger partial charge on any atom is -0.495 e. The molecule has 0 bridgehead atoms. The Morgan fingerprint density at radius 1 is 0.889 bits per heavy atom. The number of carbonyl (C=O) groups is 1. The molecule has 0 atom stereocenters. The summed E-state index contributed by atoms with van der Waals surface area (Å²) in [7, 11) is 1.60. The number of anilines is 1. The standard InChI is InChI=1S/C23H22N2O2/c1-27-22-13-7-6-12-21(22)24-23(26)16-25-14-17-8-2-4-10-19(17)20-11-5-3-9-18(20)15-25/h2-13H,14-16H2,1H3,(H,24,26). The number of nitrogens with one attached hydrogen (secondary N) is 1. The maximum absolute atomic E-state index is 12.7. The normalized spacial score (nSPS) is 13.2. The second kappa shape index (κ2) is 7.64. The van der Waals surface area contributed by atoms with E-state index in [0.717, 1.165) is 13.1 Å². The summed E-state index contributed by atoms with van der Waals surface area (Å²) in [5.41, 5.74) is 5.68. The first-order chi connectivity index (χ1) is 13.2. The molecule has 0 aliphatic carbocycles. The molecule has 4 rings (SSSR count). The van der Waals surface area contributed by atoms with Gasteiger partial charge >= 0.3 is 0 Å². The quantitative estimate of drug-likeness (QED) is 0.755. The minimum absolute atomic E-state index is 0.0450. The zero-order valence-corrected chi connectivity index (χ0v) is 15.3. The highest BCUT2D eigenvalue weighted by atomic mass is 16.5. The second-order valence-corrected chi connectivity index (χ2v) is 6.71. The fourth-order valence-corrected chi connectivity index (χ4v) is 3.63. The molecule has 0 radical (unpaired) electrons. The third kappa shape index (κ3) is 3.71. The maximum atomic E-state index is 12.7. The SMILES string of the molecule is COc1ccccc1NC(=O)CN1Cc2ccccc2-c2ccccc2C1. The third-order valence-corrected chi connectivity index (χ3v) is 4.86. The molecule has 0 saturated heterocycles. The first-order valence-corrected chi connectivity index (χ1v) is 9.06. The van der Waals surface area contributed by atoms with E-state index in [9.17, 15) is 4.79 Å². The van der Waals surface area contributed by atoms with Crippen LogP contribution >= 0.6 is 0 Å². The van der Waals surface area contributed by atoms with E-state index in [4.69, 9.17) is 4.74 Å². The molecule has 4 heteroatoms. The summed E-state index contributed by atoms with van der Waals surface area (Å²) in [5.74, 6) is 0.619. The lowest BCUT2D eigenvalue weighted by Crippen LogP contribution is -2.32. The summed E-state index contributed by atoms with van der Waals surface area (Å²) in [4.78, 5) is 14.9. The van der Waals surface area contributed by atoms with E-state index in [1.54, 1.807) is 7.11 Å². The van der Waals surface area contributed by atoms with E-state index in [1.165, 1.54) is 22.3 Å². The minimum atomic E-state index is -0.0450. The fourth-order valence-electron chi connectivity index (χ4n) is 3.63. The Morgan fingerprint density at radius 3 is 2.07 bits per heavy atom. The molecule has 0 spiro atoms. The highest BCUT2D eigenvalue weighted by molar-refractivity contribution is 5.93. The molecule has 1 aliphatic rings. The highest BCUT2D eigenvalue weighted by Gasteiger charge is 2.20. The average Bonchev–Trinajstić information content (AvgIpc) is 2.84. The van der Waals surface area contributed by atoms with Gasteiger partial charge in [0.15, 0.2) is 0 Å². The molecule has 3 aromatic rings. The van der Waals surface area contributed by atoms with Gasteiger partial charge < -0.3 is 10.1 Å². The van der Waals surface area contributed by atoms with Crippen molar-refractivity contribution in [2.24, 2.45) is 0 Å². The molecule has 0 unspecified atom stereocenters. The van der Waals surface area contributed by atoms with Gasteiger partial charge in [0.2, 0.25) is 5.91 Å². The van der Waals surface area contributed by atoms with Gasteiger partial charge in [-0.25, -0.2) is 0 Å². The van der Waals surface area contributed by atoms with Gasteiger partial charge in [0.25, 0.3) is 0 Å². The number of ether oxygens (including phenoxy) is 1. The molecule has 4 nitrogen and oxygen atoms in total. The van der Waals surface area contributed by atoms with Crippen molar-refractivity contribution in [1.29, 1.82) is 0 Å². The first-order valence-electron chi connectivity index (χ1n) is 9.06. The zero-order valence-electron chi connectivity index (χ0n) is 15.3. The van der Waals surface area contributed by atoms with Crippen molar-refractivity contribution in [3.63, 3.8) is 0 Å². The monoisotopic (exact) mass is 358 g/mol. The van der Waals surface area contributed by atoms with Crippen LogP contribution in [0.15, 0.2) is 72.8 Å². The van der Waals surface area contributed by atoms with Gasteiger partial charge in [-0.15, -0.1) is 0 Å². The van der Waals surface area contributed by atoms with Crippen LogP contribution < -0.4 is 10.1 Å². The maximum Gasteiger partial charge on any atom is 0.238 e. The van der Waals surface area contributed by atoms with E-state index in [0.29, 0.717) is 18.0 Å². The molecular weight excluding hydrogens is 336 g/mol. The summed E-state index contributed by atoms with van der Waals surface area (Å²) >= 11 is 0. The van der Waals surface area contributed by atoms with Crippen LogP contribution in [0.1, 0.15) is 11.1 Å². The van der Waals surface area contributed by atoms with Crippen LogP contribution in [-0.4, -0.2) is 24.5 Å². The Kier molecular flexibility index (Phi) is 4.90. The molecule has 3 aromatic carbocycles. The van der Waals surface area contributed by atoms with Crippen molar-refractivity contribution in [3.05, 3.63) is 83.9 Å². The van der Waals surface area contributed by atoms with Crippen LogP contribution in [0.4, 0.5) is 5.69 Å². The summed E-state index contributed by atoms with van der Waals surface area (Å²) < 4.78 is 5.32. The molecule has 0 fully saturated rings. The zero-order chi connectivity index (χ0) is 18.6. The van der Waals surface area contributed by atoms with Crippen molar-refractivity contribution >= 4 is 11.6 Å². The van der Waals surface area contributed by atoms with Crippen LogP contribution in [0.25, 0.3) is 11.1 Å². The average molecular weight is 358 g/mol. The van der Waals surface area contributed by atoms with Crippen molar-refractivity contribution in [1.82, 2.24) is 4.90 Å². The molecule has 1 aliphatic heterocycles. The number of amides is 1. The number of carbonyl (C=O) groups excluding carboxylic acids is 1. The number of fused-ring (bicyclic) bond motifs is 3. The predicted molar refractivity (Wildman–Crippen MR) is 108 cm³/mol. The third-order valence-electron chi connectivity index (χ3n) is 4.86. The van der Waals surface area contributed by atoms with E-state index in [1.807, 2.05) is 24.3 Å². The van der Waals surface area contributed by atoms with E-state index >= 15 is 0 Å². The highest BCUT2D eigenvalue weighted by Crippen LogP contribution is 2.32. The Balaban J connectivity index is 1.56. The predicted octanol–water partition coefficient (Wildman–Crippen LogP) is 4.32. The van der Waals surface area contributed by atoms with Crippen LogP contribution in [0.3, 0.4) is 0 Å². The van der Waals surface area contributed by atoms with E-state index in [2.05, 4.69) is 58.7 Å². The van der Waals surface area contributed by atoms with Gasteiger partial charge in [-0.3, -0.25) is 9.69 Å². The Labute approximate surface area is 159 Å². The van der Waals surface area contributed by atoms with Crippen molar-refractivity contribution < 1.29 is 9.53 Å². The molecule has 1 heterocycles. The Morgan fingerprint density at radius 2 is 1.44 bits per heavy atom. The van der Waals surface area contributed by atoms with E-state index < -0.39 is 0 Å². The second-order valence-electron chi connectivity index (χ2n) is 6.71. The molecule has 0 saturated carbocycles. The molecule has 1 amide bonds. The molecule has 0 aromatic heterocycles. The summed E-state index contributed by atoms with van der Waals surface area (Å²) in [6.45, 7) is 1.80. The van der Waals surface area contributed by atoms with Crippen molar-refractivity contribution in [3.8, 4) is 16.9 Å².